The second kappa shape index (κ2) is 6.53. The van der Waals surface area contributed by atoms with Gasteiger partial charge in [-0.05, 0) is 43.9 Å². The molecule has 106 valence electrons. The van der Waals surface area contributed by atoms with Gasteiger partial charge in [0.05, 0.1) is 5.60 Å². The molecule has 0 aliphatic carbocycles. The van der Waals surface area contributed by atoms with Crippen LogP contribution in [0, 0.1) is 12.8 Å². The molecule has 0 aromatic heterocycles. The molecule has 3 nitrogen and oxygen atoms in total. The van der Waals surface area contributed by atoms with Crippen LogP contribution < -0.4 is 5.32 Å². The van der Waals surface area contributed by atoms with E-state index in [1.807, 2.05) is 26.8 Å². The zero-order valence-electron chi connectivity index (χ0n) is 12.0. The quantitative estimate of drug-likeness (QED) is 0.871. The van der Waals surface area contributed by atoms with Gasteiger partial charge in [-0.15, -0.1) is 0 Å². The van der Waals surface area contributed by atoms with E-state index < -0.39 is 5.60 Å². The predicted molar refractivity (Wildman–Crippen MR) is 81.3 cm³/mol. The van der Waals surface area contributed by atoms with Crippen LogP contribution >= 0.6 is 15.9 Å². The van der Waals surface area contributed by atoms with Gasteiger partial charge in [0, 0.05) is 16.6 Å². The van der Waals surface area contributed by atoms with Crippen LogP contribution in [0.2, 0.25) is 0 Å². The maximum absolute atomic E-state index is 12.0. The van der Waals surface area contributed by atoms with Crippen molar-refractivity contribution in [1.29, 1.82) is 0 Å². The number of aryl methyl sites for hydroxylation is 1. The third kappa shape index (κ3) is 5.33. The summed E-state index contributed by atoms with van der Waals surface area (Å²) in [7, 11) is 0. The molecule has 2 N–H and O–H groups in total. The van der Waals surface area contributed by atoms with Gasteiger partial charge in [0.25, 0.3) is 5.91 Å². The van der Waals surface area contributed by atoms with E-state index >= 15 is 0 Å². The Morgan fingerprint density at radius 3 is 2.63 bits per heavy atom. The fraction of sp³-hybridized carbons (Fsp3) is 0.533. The van der Waals surface area contributed by atoms with Gasteiger partial charge < -0.3 is 10.4 Å². The molecule has 0 aliphatic heterocycles. The summed E-state index contributed by atoms with van der Waals surface area (Å²) in [6, 6.07) is 5.47. The number of nitrogens with one attached hydrogen (secondary N) is 1. The number of aliphatic hydroxyl groups is 1. The molecule has 0 spiro atoms. The molecule has 0 bridgehead atoms. The number of amides is 1. The lowest BCUT2D eigenvalue weighted by Gasteiger charge is -2.25. The fourth-order valence-electron chi connectivity index (χ4n) is 2.06. The molecule has 1 unspecified atom stereocenters. The van der Waals surface area contributed by atoms with E-state index in [0.717, 1.165) is 10.0 Å². The molecule has 1 atom stereocenters. The second-order valence-electron chi connectivity index (χ2n) is 5.74. The zero-order valence-corrected chi connectivity index (χ0v) is 13.5. The minimum absolute atomic E-state index is 0.162. The minimum atomic E-state index is -0.869. The van der Waals surface area contributed by atoms with Crippen molar-refractivity contribution in [2.75, 3.05) is 6.54 Å². The standard InChI is InChI=1S/C15H22BrNO2/c1-10(2)8-15(4,19)9-17-14(18)12-6-5-11(3)13(16)7-12/h5-7,10,19H,8-9H2,1-4H3,(H,17,18). The lowest BCUT2D eigenvalue weighted by Crippen LogP contribution is -2.41. The summed E-state index contributed by atoms with van der Waals surface area (Å²) >= 11 is 3.41. The van der Waals surface area contributed by atoms with Crippen molar-refractivity contribution in [3.63, 3.8) is 0 Å². The zero-order chi connectivity index (χ0) is 14.6. The molecular formula is C15H22BrNO2. The number of halogens is 1. The first-order chi connectivity index (χ1) is 8.71. The molecule has 0 saturated heterocycles. The van der Waals surface area contributed by atoms with Crippen molar-refractivity contribution < 1.29 is 9.90 Å². The Hall–Kier alpha value is -0.870. The Balaban J connectivity index is 2.62. The lowest BCUT2D eigenvalue weighted by molar-refractivity contribution is 0.0368. The first-order valence-electron chi connectivity index (χ1n) is 6.48. The topological polar surface area (TPSA) is 49.3 Å². The predicted octanol–water partition coefficient (Wildman–Crippen LogP) is 3.28. The Bertz CT molecular complexity index is 455. The van der Waals surface area contributed by atoms with Gasteiger partial charge in [0.2, 0.25) is 0 Å². The molecule has 0 aliphatic rings. The molecule has 1 rings (SSSR count). The normalized spacial score (nSPS) is 14.3. The highest BCUT2D eigenvalue weighted by Gasteiger charge is 2.22. The number of carbonyl (C=O) groups excluding carboxylic acids is 1. The summed E-state index contributed by atoms with van der Waals surface area (Å²) in [6.45, 7) is 8.08. The number of benzene rings is 1. The van der Waals surface area contributed by atoms with Gasteiger partial charge in [-0.1, -0.05) is 35.8 Å². The molecule has 0 radical (unpaired) electrons. The van der Waals surface area contributed by atoms with Crippen LogP contribution in [0.4, 0.5) is 0 Å². The number of hydrogen-bond acceptors (Lipinski definition) is 2. The van der Waals surface area contributed by atoms with E-state index in [4.69, 9.17) is 0 Å². The van der Waals surface area contributed by atoms with Crippen LogP contribution in [0.5, 0.6) is 0 Å². The van der Waals surface area contributed by atoms with E-state index in [0.29, 0.717) is 17.9 Å². The van der Waals surface area contributed by atoms with Crippen molar-refractivity contribution in [2.45, 2.75) is 39.7 Å². The third-order valence-corrected chi connectivity index (χ3v) is 3.77. The van der Waals surface area contributed by atoms with Crippen LogP contribution in [-0.2, 0) is 0 Å². The monoisotopic (exact) mass is 327 g/mol. The molecule has 0 heterocycles. The molecule has 1 amide bonds. The fourth-order valence-corrected chi connectivity index (χ4v) is 2.44. The summed E-state index contributed by atoms with van der Waals surface area (Å²) < 4.78 is 0.911. The number of rotatable bonds is 5. The smallest absolute Gasteiger partial charge is 0.251 e. The van der Waals surface area contributed by atoms with E-state index in [1.165, 1.54) is 0 Å². The van der Waals surface area contributed by atoms with Crippen LogP contribution in [0.1, 0.15) is 43.1 Å². The van der Waals surface area contributed by atoms with Crippen LogP contribution in [-0.4, -0.2) is 23.2 Å². The van der Waals surface area contributed by atoms with E-state index in [2.05, 4.69) is 21.2 Å². The second-order valence-corrected chi connectivity index (χ2v) is 6.60. The summed E-state index contributed by atoms with van der Waals surface area (Å²) in [6.07, 6.45) is 0.658. The highest BCUT2D eigenvalue weighted by Crippen LogP contribution is 2.18. The van der Waals surface area contributed by atoms with E-state index in [9.17, 15) is 9.90 Å². The molecular weight excluding hydrogens is 306 g/mol. The molecule has 1 aromatic carbocycles. The first-order valence-corrected chi connectivity index (χ1v) is 7.27. The van der Waals surface area contributed by atoms with Gasteiger partial charge in [0.15, 0.2) is 0 Å². The maximum atomic E-state index is 12.0. The average Bonchev–Trinajstić information content (AvgIpc) is 2.28. The van der Waals surface area contributed by atoms with E-state index in [1.54, 1.807) is 19.1 Å². The SMILES string of the molecule is Cc1ccc(C(=O)NCC(C)(O)CC(C)C)cc1Br. The van der Waals surface area contributed by atoms with E-state index in [-0.39, 0.29) is 12.5 Å². The summed E-state index contributed by atoms with van der Waals surface area (Å²) in [4.78, 5) is 12.0. The summed E-state index contributed by atoms with van der Waals surface area (Å²) in [5.41, 5.74) is 0.812. The van der Waals surface area contributed by atoms with Gasteiger partial charge in [0.1, 0.15) is 0 Å². The van der Waals surface area contributed by atoms with Crippen LogP contribution in [0.15, 0.2) is 22.7 Å². The Labute approximate surface area is 123 Å². The molecule has 19 heavy (non-hydrogen) atoms. The summed E-state index contributed by atoms with van der Waals surface area (Å²) in [5.74, 6) is 0.227. The lowest BCUT2D eigenvalue weighted by atomic mass is 9.94. The van der Waals surface area contributed by atoms with Gasteiger partial charge in [-0.2, -0.15) is 0 Å². The molecule has 0 fully saturated rings. The Morgan fingerprint density at radius 2 is 2.11 bits per heavy atom. The van der Waals surface area contributed by atoms with Crippen LogP contribution in [0.3, 0.4) is 0 Å². The molecule has 4 heteroatoms. The largest absolute Gasteiger partial charge is 0.388 e. The molecule has 1 aromatic rings. The van der Waals surface area contributed by atoms with Crippen molar-refractivity contribution in [3.8, 4) is 0 Å². The maximum Gasteiger partial charge on any atom is 0.251 e. The molecule has 0 saturated carbocycles. The number of hydrogen-bond donors (Lipinski definition) is 2. The summed E-state index contributed by atoms with van der Waals surface area (Å²) in [5, 5.41) is 12.9. The van der Waals surface area contributed by atoms with Gasteiger partial charge >= 0.3 is 0 Å². The number of carbonyl (C=O) groups is 1. The van der Waals surface area contributed by atoms with Crippen molar-refractivity contribution in [1.82, 2.24) is 5.32 Å². The van der Waals surface area contributed by atoms with Crippen molar-refractivity contribution in [3.05, 3.63) is 33.8 Å². The third-order valence-electron chi connectivity index (χ3n) is 2.91. The first kappa shape index (κ1) is 16.2. The minimum Gasteiger partial charge on any atom is -0.388 e. The Kier molecular flexibility index (Phi) is 5.56. The highest BCUT2D eigenvalue weighted by atomic mass is 79.9. The van der Waals surface area contributed by atoms with Crippen molar-refractivity contribution in [2.24, 2.45) is 5.92 Å². The van der Waals surface area contributed by atoms with Crippen molar-refractivity contribution >= 4 is 21.8 Å². The van der Waals surface area contributed by atoms with Gasteiger partial charge in [-0.3, -0.25) is 4.79 Å². The van der Waals surface area contributed by atoms with Gasteiger partial charge in [-0.25, -0.2) is 0 Å². The Morgan fingerprint density at radius 1 is 1.47 bits per heavy atom. The highest BCUT2D eigenvalue weighted by molar-refractivity contribution is 9.10. The van der Waals surface area contributed by atoms with Crippen LogP contribution in [0.25, 0.3) is 0 Å². The average molecular weight is 328 g/mol.